The van der Waals surface area contributed by atoms with Gasteiger partial charge in [-0.15, -0.1) is 0 Å². The summed E-state index contributed by atoms with van der Waals surface area (Å²) >= 11 is 2.03. The topological polar surface area (TPSA) is 92.4 Å². The molecule has 0 heterocycles. The number of aromatic carboxylic acids is 1. The van der Waals surface area contributed by atoms with E-state index in [1.807, 2.05) is 22.6 Å². The molecule has 0 bridgehead atoms. The normalized spacial score (nSPS) is 17.5. The first kappa shape index (κ1) is 15.2. The molecule has 1 aromatic carbocycles. The first-order chi connectivity index (χ1) is 9.42. The third kappa shape index (κ3) is 3.29. The zero-order chi connectivity index (χ0) is 14.8. The molecule has 5 nitrogen and oxygen atoms in total. The number of hydrogen-bond donors (Lipinski definition) is 3. The quantitative estimate of drug-likeness (QED) is 0.695. The molecule has 1 aliphatic carbocycles. The number of carboxylic acids is 1. The van der Waals surface area contributed by atoms with E-state index in [-0.39, 0.29) is 11.5 Å². The van der Waals surface area contributed by atoms with E-state index in [0.717, 1.165) is 22.8 Å². The monoisotopic (exact) mass is 388 g/mol. The molecule has 0 aromatic heterocycles. The number of amides is 1. The van der Waals surface area contributed by atoms with Crippen LogP contribution in [-0.2, 0) is 4.79 Å². The lowest BCUT2D eigenvalue weighted by Crippen LogP contribution is -2.52. The van der Waals surface area contributed by atoms with Crippen LogP contribution in [0.1, 0.15) is 42.5 Å². The highest BCUT2D eigenvalue weighted by Gasteiger charge is 2.35. The van der Waals surface area contributed by atoms with Gasteiger partial charge >= 0.3 is 5.97 Å². The van der Waals surface area contributed by atoms with E-state index in [1.165, 1.54) is 6.07 Å². The van der Waals surface area contributed by atoms with Gasteiger partial charge in [-0.3, -0.25) is 4.79 Å². The molecule has 0 saturated heterocycles. The van der Waals surface area contributed by atoms with E-state index in [9.17, 15) is 14.7 Å². The minimum atomic E-state index is -1.06. The van der Waals surface area contributed by atoms with E-state index in [0.29, 0.717) is 18.5 Å². The van der Waals surface area contributed by atoms with Crippen molar-refractivity contribution >= 4 is 40.2 Å². The summed E-state index contributed by atoms with van der Waals surface area (Å²) in [6.07, 6.45) is 4.25. The summed E-state index contributed by atoms with van der Waals surface area (Å²) in [5, 5.41) is 11.9. The SMILES string of the molecule is NC1(C(=O)Nc2ccc(I)cc2C(=O)O)CCCCC1. The fourth-order valence-corrected chi connectivity index (χ4v) is 2.95. The lowest BCUT2D eigenvalue weighted by molar-refractivity contribution is -0.122. The van der Waals surface area contributed by atoms with E-state index in [2.05, 4.69) is 5.32 Å². The van der Waals surface area contributed by atoms with Crippen molar-refractivity contribution in [3.63, 3.8) is 0 Å². The van der Waals surface area contributed by atoms with Crippen LogP contribution < -0.4 is 11.1 Å². The summed E-state index contributed by atoms with van der Waals surface area (Å²) < 4.78 is 0.804. The summed E-state index contributed by atoms with van der Waals surface area (Å²) in [6.45, 7) is 0. The average molecular weight is 388 g/mol. The smallest absolute Gasteiger partial charge is 0.337 e. The molecule has 1 aliphatic rings. The number of carboxylic acid groups (broad SMARTS) is 1. The number of nitrogens with two attached hydrogens (primary N) is 1. The van der Waals surface area contributed by atoms with Crippen molar-refractivity contribution in [3.05, 3.63) is 27.3 Å². The second-order valence-corrected chi connectivity index (χ2v) is 6.41. The summed E-state index contributed by atoms with van der Waals surface area (Å²) in [5.74, 6) is -1.35. The van der Waals surface area contributed by atoms with Gasteiger partial charge in [-0.1, -0.05) is 19.3 Å². The number of rotatable bonds is 3. The molecule has 4 N–H and O–H groups in total. The van der Waals surface area contributed by atoms with Crippen molar-refractivity contribution in [2.45, 2.75) is 37.6 Å². The molecule has 6 heteroatoms. The zero-order valence-electron chi connectivity index (χ0n) is 11.0. The molecule has 1 saturated carbocycles. The Labute approximate surface area is 131 Å². The van der Waals surface area contributed by atoms with Crippen LogP contribution in [0.2, 0.25) is 0 Å². The van der Waals surface area contributed by atoms with Gasteiger partial charge in [-0.2, -0.15) is 0 Å². The average Bonchev–Trinajstić information content (AvgIpc) is 2.41. The molecule has 108 valence electrons. The summed E-state index contributed by atoms with van der Waals surface area (Å²) in [7, 11) is 0. The third-order valence-corrected chi connectivity index (χ3v) is 4.33. The van der Waals surface area contributed by atoms with E-state index >= 15 is 0 Å². The Morgan fingerprint density at radius 1 is 1.25 bits per heavy atom. The van der Waals surface area contributed by atoms with Crippen LogP contribution in [0, 0.1) is 3.57 Å². The van der Waals surface area contributed by atoms with Crippen LogP contribution >= 0.6 is 22.6 Å². The second kappa shape index (κ2) is 6.09. The summed E-state index contributed by atoms with van der Waals surface area (Å²) in [4.78, 5) is 23.5. The predicted molar refractivity (Wildman–Crippen MR) is 84.8 cm³/mol. The molecule has 0 unspecified atom stereocenters. The molecule has 0 spiro atoms. The van der Waals surface area contributed by atoms with E-state index in [1.54, 1.807) is 12.1 Å². The number of carbonyl (C=O) groups is 2. The molecular weight excluding hydrogens is 371 g/mol. The molecule has 0 radical (unpaired) electrons. The molecule has 2 rings (SSSR count). The highest BCUT2D eigenvalue weighted by Crippen LogP contribution is 2.28. The standard InChI is InChI=1S/C14H17IN2O3/c15-9-4-5-11(10(8-9)12(18)19)17-13(20)14(16)6-2-1-3-7-14/h4-5,8H,1-3,6-7,16H2,(H,17,20)(H,18,19). The fraction of sp³-hybridized carbons (Fsp3) is 0.429. The molecule has 0 atom stereocenters. The van der Waals surface area contributed by atoms with Gasteiger partial charge in [0.05, 0.1) is 16.8 Å². The van der Waals surface area contributed by atoms with Gasteiger partial charge in [-0.25, -0.2) is 4.79 Å². The lowest BCUT2D eigenvalue weighted by Gasteiger charge is -2.32. The van der Waals surface area contributed by atoms with Gasteiger partial charge in [0, 0.05) is 3.57 Å². The minimum absolute atomic E-state index is 0.0876. The summed E-state index contributed by atoms with van der Waals surface area (Å²) in [6, 6.07) is 4.89. The molecule has 1 aromatic rings. The van der Waals surface area contributed by atoms with Crippen LogP contribution in [0.5, 0.6) is 0 Å². The lowest BCUT2D eigenvalue weighted by atomic mass is 9.82. The first-order valence-electron chi connectivity index (χ1n) is 6.55. The Kier molecular flexibility index (Phi) is 4.64. The van der Waals surface area contributed by atoms with Crippen molar-refractivity contribution in [3.8, 4) is 0 Å². The van der Waals surface area contributed by atoms with Crippen molar-refractivity contribution in [2.24, 2.45) is 5.73 Å². The second-order valence-electron chi connectivity index (χ2n) is 5.17. The van der Waals surface area contributed by atoms with Gasteiger partial charge in [0.1, 0.15) is 0 Å². The third-order valence-electron chi connectivity index (χ3n) is 3.66. The Bertz CT molecular complexity index is 539. The Morgan fingerprint density at radius 3 is 2.50 bits per heavy atom. The van der Waals surface area contributed by atoms with Crippen LogP contribution in [0.3, 0.4) is 0 Å². The van der Waals surface area contributed by atoms with Gasteiger partial charge in [0.15, 0.2) is 0 Å². The van der Waals surface area contributed by atoms with Crippen molar-refractivity contribution in [1.82, 2.24) is 0 Å². The number of nitrogens with one attached hydrogen (secondary N) is 1. The zero-order valence-corrected chi connectivity index (χ0v) is 13.1. The number of carbonyl (C=O) groups excluding carboxylic acids is 1. The maximum atomic E-state index is 12.3. The highest BCUT2D eigenvalue weighted by atomic mass is 127. The fourth-order valence-electron chi connectivity index (χ4n) is 2.46. The predicted octanol–water partition coefficient (Wildman–Crippen LogP) is 2.59. The highest BCUT2D eigenvalue weighted by molar-refractivity contribution is 14.1. The largest absolute Gasteiger partial charge is 0.478 e. The molecule has 1 fully saturated rings. The number of anilines is 1. The van der Waals surface area contributed by atoms with Crippen molar-refractivity contribution in [1.29, 1.82) is 0 Å². The van der Waals surface area contributed by atoms with Crippen LogP contribution in [0.25, 0.3) is 0 Å². The Balaban J connectivity index is 2.21. The van der Waals surface area contributed by atoms with Crippen molar-refractivity contribution < 1.29 is 14.7 Å². The molecule has 20 heavy (non-hydrogen) atoms. The van der Waals surface area contributed by atoms with E-state index < -0.39 is 11.5 Å². The van der Waals surface area contributed by atoms with Gasteiger partial charge in [0.25, 0.3) is 0 Å². The van der Waals surface area contributed by atoms with Gasteiger partial charge < -0.3 is 16.2 Å². The number of benzene rings is 1. The van der Waals surface area contributed by atoms with Crippen molar-refractivity contribution in [2.75, 3.05) is 5.32 Å². The number of halogens is 1. The maximum Gasteiger partial charge on any atom is 0.337 e. The molecular formula is C14H17IN2O3. The first-order valence-corrected chi connectivity index (χ1v) is 7.63. The van der Waals surface area contributed by atoms with Crippen LogP contribution in [0.15, 0.2) is 18.2 Å². The van der Waals surface area contributed by atoms with Gasteiger partial charge in [-0.05, 0) is 53.6 Å². The molecule has 0 aliphatic heterocycles. The van der Waals surface area contributed by atoms with Gasteiger partial charge in [0.2, 0.25) is 5.91 Å². The summed E-state index contributed by atoms with van der Waals surface area (Å²) in [5.41, 5.74) is 5.66. The molecule has 1 amide bonds. The number of hydrogen-bond acceptors (Lipinski definition) is 3. The maximum absolute atomic E-state index is 12.3. The van der Waals surface area contributed by atoms with Crippen LogP contribution in [0.4, 0.5) is 5.69 Å². The van der Waals surface area contributed by atoms with E-state index in [4.69, 9.17) is 5.73 Å². The minimum Gasteiger partial charge on any atom is -0.478 e. The van der Waals surface area contributed by atoms with Crippen LogP contribution in [-0.4, -0.2) is 22.5 Å². The Hall–Kier alpha value is -1.15. The Morgan fingerprint density at radius 2 is 1.90 bits per heavy atom.